The van der Waals surface area contributed by atoms with Crippen LogP contribution in [0, 0.1) is 0 Å². The minimum Gasteiger partial charge on any atom is -0.333 e. The Morgan fingerprint density at radius 3 is 1.41 bits per heavy atom. The number of hydrogen-bond donors (Lipinski definition) is 0. The highest BCUT2D eigenvalue weighted by molar-refractivity contribution is 6.05. The van der Waals surface area contributed by atoms with E-state index < -0.39 is 5.41 Å². The number of hydrogen-bond acceptors (Lipinski definition) is 2. The van der Waals surface area contributed by atoms with Gasteiger partial charge in [-0.2, -0.15) is 0 Å². The maximum absolute atomic E-state index is 2.71. The number of nitrogens with zero attached hydrogens (tertiary/aromatic N) is 2. The van der Waals surface area contributed by atoms with Crippen LogP contribution < -0.4 is 9.80 Å². The summed E-state index contributed by atoms with van der Waals surface area (Å²) in [6.07, 6.45) is 5.84. The van der Waals surface area contributed by atoms with Crippen LogP contribution in [0.4, 0.5) is 28.4 Å². The summed E-state index contributed by atoms with van der Waals surface area (Å²) in [4.78, 5) is 5.29. The molecule has 0 aromatic heterocycles. The van der Waals surface area contributed by atoms with E-state index in [2.05, 4.69) is 311 Å². The number of anilines is 5. The van der Waals surface area contributed by atoms with Crippen molar-refractivity contribution >= 4 is 34.0 Å². The van der Waals surface area contributed by atoms with Crippen molar-refractivity contribution in [3.05, 3.63) is 323 Å². The molecule has 5 aliphatic rings. The SMILES string of the molecule is CC1(C)C2=C(C=CC(N(c3ccccc3-c3ccccc3)c3cccc4c3-c3ccccc3C43c4ccccc4-c4c(N(c5ccc6c(c5)C(C)(C)c5ccccc5-6)c5ccccc5-c5ccccc5)cccc43)C2)c2ccccc21. The van der Waals surface area contributed by atoms with Crippen molar-refractivity contribution in [2.24, 2.45) is 0 Å². The first-order chi connectivity index (χ1) is 39.7. The first-order valence-corrected chi connectivity index (χ1v) is 28.9. The van der Waals surface area contributed by atoms with Crippen molar-refractivity contribution in [2.45, 2.75) is 56.4 Å². The van der Waals surface area contributed by atoms with Crippen LogP contribution in [0.25, 0.3) is 61.2 Å². The Kier molecular flexibility index (Phi) is 10.4. The van der Waals surface area contributed by atoms with Gasteiger partial charge in [-0.15, -0.1) is 0 Å². The van der Waals surface area contributed by atoms with Gasteiger partial charge in [0.05, 0.1) is 22.8 Å². The van der Waals surface area contributed by atoms with Gasteiger partial charge in [0.1, 0.15) is 0 Å². The molecular formula is C79H60N2. The van der Waals surface area contributed by atoms with Crippen molar-refractivity contribution in [3.63, 3.8) is 0 Å². The molecule has 0 radical (unpaired) electrons. The lowest BCUT2D eigenvalue weighted by atomic mass is 9.70. The highest BCUT2D eigenvalue weighted by Crippen LogP contribution is 2.67. The summed E-state index contributed by atoms with van der Waals surface area (Å²) in [7, 11) is 0. The molecule has 16 rings (SSSR count). The molecular weight excluding hydrogens is 977 g/mol. The highest BCUT2D eigenvalue weighted by atomic mass is 15.2. The zero-order valence-electron chi connectivity index (χ0n) is 46.2. The predicted molar refractivity (Wildman–Crippen MR) is 338 cm³/mol. The standard InChI is InChI=1S/C79H60N2/c1-77(2)63-35-17-11-31-57(63)59-47-45-53(49-69(59)77)80(71-41-21-15-29-55(71)51-25-7-5-8-26-51)73-43-23-39-67-75(73)61-33-13-19-37-65(61)79(67)66-38-20-14-34-62(66)76-68(79)40-24-44-74(76)81(72-42-22-16-30-56(72)52-27-9-6-10-28-52)54-46-48-60-58-32-12-18-36-64(58)78(3,4)70(60)50-54/h5-49,54H,50H2,1-4H3. The molecule has 11 aromatic rings. The third kappa shape index (κ3) is 6.68. The van der Waals surface area contributed by atoms with Crippen molar-refractivity contribution in [1.29, 1.82) is 0 Å². The predicted octanol–water partition coefficient (Wildman–Crippen LogP) is 20.4. The Balaban J connectivity index is 0.942. The zero-order valence-corrected chi connectivity index (χ0v) is 46.2. The molecule has 2 heteroatoms. The molecule has 386 valence electrons. The fourth-order valence-corrected chi connectivity index (χ4v) is 15.5. The van der Waals surface area contributed by atoms with Gasteiger partial charge < -0.3 is 9.80 Å². The van der Waals surface area contributed by atoms with Crippen molar-refractivity contribution in [1.82, 2.24) is 0 Å². The molecule has 0 N–H and O–H groups in total. The normalized spacial score (nSPS) is 17.6. The Labute approximate surface area is 476 Å². The summed E-state index contributed by atoms with van der Waals surface area (Å²) in [5, 5.41) is 0. The minimum atomic E-state index is -0.631. The van der Waals surface area contributed by atoms with E-state index in [0.717, 1.165) is 23.5 Å². The largest absolute Gasteiger partial charge is 0.333 e. The molecule has 2 unspecified atom stereocenters. The maximum atomic E-state index is 2.71. The number of para-hydroxylation sites is 2. The summed E-state index contributed by atoms with van der Waals surface area (Å²) in [5.41, 5.74) is 31.1. The molecule has 1 spiro atoms. The van der Waals surface area contributed by atoms with Gasteiger partial charge in [0.25, 0.3) is 0 Å². The Hall–Kier alpha value is -9.50. The molecule has 5 aliphatic carbocycles. The number of benzene rings is 11. The van der Waals surface area contributed by atoms with E-state index in [0.29, 0.717) is 0 Å². The first-order valence-electron chi connectivity index (χ1n) is 28.9. The summed E-state index contributed by atoms with van der Waals surface area (Å²) in [5.74, 6) is 0. The van der Waals surface area contributed by atoms with Crippen LogP contribution >= 0.6 is 0 Å². The second-order valence-electron chi connectivity index (χ2n) is 23.8. The van der Waals surface area contributed by atoms with Crippen molar-refractivity contribution < 1.29 is 0 Å². The Bertz CT molecular complexity index is 4460. The van der Waals surface area contributed by atoms with Gasteiger partial charge in [0.15, 0.2) is 0 Å². The fourth-order valence-electron chi connectivity index (χ4n) is 15.5. The smallest absolute Gasteiger partial charge is 0.0727 e. The molecule has 2 atom stereocenters. The molecule has 0 bridgehead atoms. The van der Waals surface area contributed by atoms with Crippen molar-refractivity contribution in [2.75, 3.05) is 9.80 Å². The molecule has 0 fully saturated rings. The molecule has 81 heavy (non-hydrogen) atoms. The van der Waals surface area contributed by atoms with E-state index in [9.17, 15) is 0 Å². The molecule has 0 heterocycles. The third-order valence-corrected chi connectivity index (χ3v) is 19.1. The molecule has 0 saturated carbocycles. The lowest BCUT2D eigenvalue weighted by Crippen LogP contribution is -2.34. The van der Waals surface area contributed by atoms with Gasteiger partial charge in [0, 0.05) is 50.1 Å². The van der Waals surface area contributed by atoms with E-state index in [4.69, 9.17) is 0 Å². The van der Waals surface area contributed by atoms with Crippen LogP contribution in [-0.2, 0) is 16.2 Å². The van der Waals surface area contributed by atoms with E-state index in [-0.39, 0.29) is 16.9 Å². The monoisotopic (exact) mass is 1040 g/mol. The molecule has 0 aliphatic heterocycles. The Morgan fingerprint density at radius 2 is 0.778 bits per heavy atom. The average Bonchev–Trinajstić information content (AvgIpc) is 2.15. The second kappa shape index (κ2) is 17.8. The molecule has 0 amide bonds. The molecule has 11 aromatic carbocycles. The zero-order chi connectivity index (χ0) is 54.2. The first kappa shape index (κ1) is 47.5. The highest BCUT2D eigenvalue weighted by Gasteiger charge is 2.54. The van der Waals surface area contributed by atoms with Crippen LogP contribution in [0.15, 0.2) is 279 Å². The van der Waals surface area contributed by atoms with Gasteiger partial charge in [-0.05, 0) is 132 Å². The Morgan fingerprint density at radius 1 is 0.333 bits per heavy atom. The van der Waals surface area contributed by atoms with Gasteiger partial charge in [-0.1, -0.05) is 264 Å². The topological polar surface area (TPSA) is 6.48 Å². The maximum Gasteiger partial charge on any atom is 0.0727 e. The van der Waals surface area contributed by atoms with Gasteiger partial charge in [0.2, 0.25) is 0 Å². The van der Waals surface area contributed by atoms with Crippen LogP contribution in [0.5, 0.6) is 0 Å². The van der Waals surface area contributed by atoms with Gasteiger partial charge in [-0.25, -0.2) is 0 Å². The summed E-state index contributed by atoms with van der Waals surface area (Å²) >= 11 is 0. The van der Waals surface area contributed by atoms with E-state index in [1.54, 1.807) is 0 Å². The average molecular weight is 1040 g/mol. The van der Waals surface area contributed by atoms with Crippen LogP contribution in [-0.4, -0.2) is 6.04 Å². The summed E-state index contributed by atoms with van der Waals surface area (Å²) in [6, 6.07) is 98.4. The van der Waals surface area contributed by atoms with Crippen molar-refractivity contribution in [3.8, 4) is 55.6 Å². The number of rotatable bonds is 8. The lowest BCUT2D eigenvalue weighted by molar-refractivity contribution is 0.585. The van der Waals surface area contributed by atoms with Gasteiger partial charge in [-0.3, -0.25) is 0 Å². The third-order valence-electron chi connectivity index (χ3n) is 19.1. The lowest BCUT2D eigenvalue weighted by Gasteiger charge is -2.39. The molecule has 2 nitrogen and oxygen atoms in total. The number of fused-ring (bicyclic) bond motifs is 15. The van der Waals surface area contributed by atoms with E-state index >= 15 is 0 Å². The summed E-state index contributed by atoms with van der Waals surface area (Å²) < 4.78 is 0. The van der Waals surface area contributed by atoms with Crippen LogP contribution in [0.3, 0.4) is 0 Å². The summed E-state index contributed by atoms with van der Waals surface area (Å²) in [6.45, 7) is 9.65. The van der Waals surface area contributed by atoms with E-state index in [1.165, 1.54) is 123 Å². The van der Waals surface area contributed by atoms with Gasteiger partial charge >= 0.3 is 0 Å². The second-order valence-corrected chi connectivity index (χ2v) is 23.8. The minimum absolute atomic E-state index is 0.0236. The quantitative estimate of drug-likeness (QED) is 0.150. The fraction of sp³-hybridized carbons (Fsp3) is 0.114. The number of allylic oxidation sites excluding steroid dienone is 2. The van der Waals surface area contributed by atoms with Crippen LogP contribution in [0.1, 0.15) is 78.6 Å². The molecule has 0 saturated heterocycles. The van der Waals surface area contributed by atoms with E-state index in [1.807, 2.05) is 0 Å². The van der Waals surface area contributed by atoms with Crippen LogP contribution in [0.2, 0.25) is 0 Å².